The van der Waals surface area contributed by atoms with Crippen molar-refractivity contribution in [3.05, 3.63) is 46.0 Å². The molecule has 2 aromatic heterocycles. The molecule has 0 aliphatic carbocycles. The Labute approximate surface area is 117 Å². The van der Waals surface area contributed by atoms with Gasteiger partial charge in [0.2, 0.25) is 0 Å². The molecule has 0 saturated heterocycles. The summed E-state index contributed by atoms with van der Waals surface area (Å²) in [7, 11) is 0. The van der Waals surface area contributed by atoms with Crippen LogP contribution in [-0.4, -0.2) is 23.5 Å². The number of carbonyl (C=O) groups is 1. The molecule has 0 aliphatic heterocycles. The van der Waals surface area contributed by atoms with Crippen LogP contribution in [0.1, 0.15) is 20.3 Å². The lowest BCUT2D eigenvalue weighted by molar-refractivity contribution is -0.142. The minimum Gasteiger partial charge on any atom is -0.467 e. The van der Waals surface area contributed by atoms with Gasteiger partial charge in [-0.1, -0.05) is 0 Å². The van der Waals surface area contributed by atoms with Crippen LogP contribution >= 0.6 is 11.3 Å². The molecule has 0 radical (unpaired) electrons. The van der Waals surface area contributed by atoms with Crippen LogP contribution in [0, 0.1) is 6.92 Å². The number of amides is 1. The fourth-order valence-electron chi connectivity index (χ4n) is 1.71. The van der Waals surface area contributed by atoms with Crippen molar-refractivity contribution in [1.82, 2.24) is 4.90 Å². The number of carbonyl (C=O) groups excluding carboxylic acids is 1. The Morgan fingerprint density at radius 1 is 1.35 bits per heavy atom. The SMILES string of the molecule is Cc1ccc(C(=O)N(Cc2ccco2)CC(F)(F)F)s1. The van der Waals surface area contributed by atoms with Crippen molar-refractivity contribution in [2.45, 2.75) is 19.6 Å². The van der Waals surface area contributed by atoms with E-state index in [9.17, 15) is 18.0 Å². The zero-order valence-electron chi connectivity index (χ0n) is 10.6. The van der Waals surface area contributed by atoms with Crippen LogP contribution in [0.5, 0.6) is 0 Å². The molecule has 0 unspecified atom stereocenters. The first-order valence-corrected chi connectivity index (χ1v) is 6.61. The molecule has 0 aromatic carbocycles. The topological polar surface area (TPSA) is 33.5 Å². The van der Waals surface area contributed by atoms with Crippen LogP contribution in [0.3, 0.4) is 0 Å². The molecule has 20 heavy (non-hydrogen) atoms. The summed E-state index contributed by atoms with van der Waals surface area (Å²) in [4.78, 5) is 14.1. The molecule has 0 saturated carbocycles. The van der Waals surface area contributed by atoms with Crippen molar-refractivity contribution in [3.63, 3.8) is 0 Å². The Kier molecular flexibility index (Phi) is 4.17. The third-order valence-corrected chi connectivity index (χ3v) is 3.52. The average Bonchev–Trinajstić information content (AvgIpc) is 2.97. The summed E-state index contributed by atoms with van der Waals surface area (Å²) in [6.07, 6.45) is -3.09. The lowest BCUT2D eigenvalue weighted by Crippen LogP contribution is -2.38. The van der Waals surface area contributed by atoms with E-state index >= 15 is 0 Å². The van der Waals surface area contributed by atoms with Gasteiger partial charge in [0.25, 0.3) is 5.91 Å². The maximum absolute atomic E-state index is 12.6. The standard InChI is InChI=1S/C13H12F3NO2S/c1-9-4-5-11(20-9)12(18)17(8-13(14,15)16)7-10-3-2-6-19-10/h2-6H,7-8H2,1H3. The van der Waals surface area contributed by atoms with Gasteiger partial charge in [-0.25, -0.2) is 0 Å². The zero-order chi connectivity index (χ0) is 14.8. The van der Waals surface area contributed by atoms with E-state index < -0.39 is 18.6 Å². The predicted octanol–water partition coefficient (Wildman–Crippen LogP) is 3.85. The number of halogens is 3. The highest BCUT2D eigenvalue weighted by Crippen LogP contribution is 2.23. The molecular formula is C13H12F3NO2S. The van der Waals surface area contributed by atoms with Crippen LogP contribution in [-0.2, 0) is 6.54 Å². The number of hydrogen-bond acceptors (Lipinski definition) is 3. The Hall–Kier alpha value is -1.76. The van der Waals surface area contributed by atoms with Gasteiger partial charge in [-0.15, -0.1) is 11.3 Å². The largest absolute Gasteiger partial charge is 0.467 e. The molecule has 1 amide bonds. The minimum absolute atomic E-state index is 0.206. The van der Waals surface area contributed by atoms with Gasteiger partial charge >= 0.3 is 6.18 Å². The van der Waals surface area contributed by atoms with Crippen molar-refractivity contribution in [2.24, 2.45) is 0 Å². The van der Waals surface area contributed by atoms with Gasteiger partial charge in [-0.2, -0.15) is 13.2 Å². The lowest BCUT2D eigenvalue weighted by Gasteiger charge is -2.22. The van der Waals surface area contributed by atoms with Crippen molar-refractivity contribution in [3.8, 4) is 0 Å². The first-order chi connectivity index (χ1) is 9.35. The predicted molar refractivity (Wildman–Crippen MR) is 68.6 cm³/mol. The quantitative estimate of drug-likeness (QED) is 0.859. The summed E-state index contributed by atoms with van der Waals surface area (Å²) >= 11 is 1.17. The molecule has 2 rings (SSSR count). The molecule has 0 fully saturated rings. The van der Waals surface area contributed by atoms with Crippen LogP contribution in [0.25, 0.3) is 0 Å². The molecule has 7 heteroatoms. The van der Waals surface area contributed by atoms with E-state index in [0.29, 0.717) is 10.6 Å². The summed E-state index contributed by atoms with van der Waals surface area (Å²) in [5.74, 6) is -0.326. The summed E-state index contributed by atoms with van der Waals surface area (Å²) in [5, 5.41) is 0. The minimum atomic E-state index is -4.45. The van der Waals surface area contributed by atoms with E-state index in [0.717, 1.165) is 9.78 Å². The van der Waals surface area contributed by atoms with Crippen molar-refractivity contribution < 1.29 is 22.4 Å². The monoisotopic (exact) mass is 303 g/mol. The molecule has 2 heterocycles. The van der Waals surface area contributed by atoms with E-state index in [-0.39, 0.29) is 6.54 Å². The Bertz CT molecular complexity index is 575. The highest BCUT2D eigenvalue weighted by molar-refractivity contribution is 7.13. The summed E-state index contributed by atoms with van der Waals surface area (Å²) in [5.41, 5.74) is 0. The van der Waals surface area contributed by atoms with Gasteiger partial charge in [-0.3, -0.25) is 4.79 Å². The van der Waals surface area contributed by atoms with Crippen molar-refractivity contribution >= 4 is 17.2 Å². The Morgan fingerprint density at radius 3 is 2.60 bits per heavy atom. The van der Waals surface area contributed by atoms with Gasteiger partial charge in [0.05, 0.1) is 17.7 Å². The molecule has 0 aliphatic rings. The van der Waals surface area contributed by atoms with Crippen LogP contribution in [0.15, 0.2) is 34.9 Å². The summed E-state index contributed by atoms with van der Waals surface area (Å²) < 4.78 is 42.8. The van der Waals surface area contributed by atoms with Crippen LogP contribution in [0.2, 0.25) is 0 Å². The Balaban J connectivity index is 2.19. The number of thiophene rings is 1. The summed E-state index contributed by atoms with van der Waals surface area (Å²) in [6.45, 7) is 0.286. The lowest BCUT2D eigenvalue weighted by atomic mass is 10.3. The summed E-state index contributed by atoms with van der Waals surface area (Å²) in [6, 6.07) is 6.35. The fraction of sp³-hybridized carbons (Fsp3) is 0.308. The molecule has 108 valence electrons. The number of hydrogen-bond donors (Lipinski definition) is 0. The molecule has 0 spiro atoms. The number of alkyl halides is 3. The maximum Gasteiger partial charge on any atom is 0.406 e. The second-order valence-electron chi connectivity index (χ2n) is 4.27. The van der Waals surface area contributed by atoms with E-state index in [1.807, 2.05) is 0 Å². The molecule has 3 nitrogen and oxygen atoms in total. The van der Waals surface area contributed by atoms with E-state index in [4.69, 9.17) is 4.42 Å². The van der Waals surface area contributed by atoms with Crippen molar-refractivity contribution in [2.75, 3.05) is 6.54 Å². The third-order valence-electron chi connectivity index (χ3n) is 2.54. The first kappa shape index (κ1) is 14.6. The van der Waals surface area contributed by atoms with Gasteiger partial charge < -0.3 is 9.32 Å². The molecule has 0 atom stereocenters. The van der Waals surface area contributed by atoms with Gasteiger partial charge in [0.15, 0.2) is 0 Å². The van der Waals surface area contributed by atoms with E-state index in [1.54, 1.807) is 19.1 Å². The number of nitrogens with zero attached hydrogens (tertiary/aromatic N) is 1. The highest BCUT2D eigenvalue weighted by Gasteiger charge is 2.34. The number of rotatable bonds is 4. The fourth-order valence-corrected chi connectivity index (χ4v) is 2.55. The molecule has 0 bridgehead atoms. The number of furan rings is 1. The highest BCUT2D eigenvalue weighted by atomic mass is 32.1. The maximum atomic E-state index is 12.6. The van der Waals surface area contributed by atoms with Gasteiger partial charge in [0, 0.05) is 4.88 Å². The number of aryl methyl sites for hydroxylation is 1. The van der Waals surface area contributed by atoms with E-state index in [2.05, 4.69) is 0 Å². The average molecular weight is 303 g/mol. The second kappa shape index (κ2) is 5.70. The molecule has 0 N–H and O–H groups in total. The third kappa shape index (κ3) is 3.86. The Morgan fingerprint density at radius 2 is 2.10 bits per heavy atom. The van der Waals surface area contributed by atoms with Gasteiger partial charge in [0.1, 0.15) is 12.3 Å². The molecular weight excluding hydrogens is 291 g/mol. The van der Waals surface area contributed by atoms with Gasteiger partial charge in [-0.05, 0) is 31.2 Å². The van der Waals surface area contributed by atoms with Crippen molar-refractivity contribution in [1.29, 1.82) is 0 Å². The normalized spacial score (nSPS) is 11.6. The zero-order valence-corrected chi connectivity index (χ0v) is 11.4. The van der Waals surface area contributed by atoms with Crippen LogP contribution in [0.4, 0.5) is 13.2 Å². The molecule has 2 aromatic rings. The smallest absolute Gasteiger partial charge is 0.406 e. The van der Waals surface area contributed by atoms with Crippen LogP contribution < -0.4 is 0 Å². The first-order valence-electron chi connectivity index (χ1n) is 5.80. The van der Waals surface area contributed by atoms with E-state index in [1.165, 1.54) is 29.7 Å². The second-order valence-corrected chi connectivity index (χ2v) is 5.55.